The summed E-state index contributed by atoms with van der Waals surface area (Å²) in [5, 5.41) is 21.8. The van der Waals surface area contributed by atoms with Crippen LogP contribution >= 0.6 is 0 Å². The maximum atomic E-state index is 10.9. The quantitative estimate of drug-likeness (QED) is 0.102. The van der Waals surface area contributed by atoms with Gasteiger partial charge in [-0.25, -0.2) is 4.98 Å². The van der Waals surface area contributed by atoms with E-state index in [9.17, 15) is 10.5 Å². The molecule has 0 atom stereocenters. The third-order valence-electron chi connectivity index (χ3n) is 12.4. The highest BCUT2D eigenvalue weighted by atomic mass is 15.2. The normalized spacial score (nSPS) is 11.1. The van der Waals surface area contributed by atoms with Gasteiger partial charge < -0.3 is 14.7 Å². The van der Waals surface area contributed by atoms with Crippen LogP contribution in [-0.4, -0.2) is 4.98 Å². The lowest BCUT2D eigenvalue weighted by atomic mass is 9.97. The predicted molar refractivity (Wildman–Crippen MR) is 304 cm³/mol. The lowest BCUT2D eigenvalue weighted by molar-refractivity contribution is 1.22. The smallest absolute Gasteiger partial charge is 0.102 e. The van der Waals surface area contributed by atoms with Crippen LogP contribution < -0.4 is 14.7 Å². The monoisotopic (exact) mass is 936 g/mol. The maximum Gasteiger partial charge on any atom is 0.102 e. The average molecular weight is 937 g/mol. The minimum atomic E-state index is 0.305. The lowest BCUT2D eigenvalue weighted by Gasteiger charge is -2.25. The van der Waals surface area contributed by atoms with Gasteiger partial charge in [-0.2, -0.15) is 10.5 Å². The van der Waals surface area contributed by atoms with Crippen LogP contribution in [0, 0.1) is 22.7 Å². The Kier molecular flexibility index (Phi) is 14.3. The molecule has 10 aromatic rings. The van der Waals surface area contributed by atoms with E-state index < -0.39 is 0 Å². The molecule has 0 N–H and O–H groups in total. The number of aromatic nitrogens is 1. The molecule has 346 valence electrons. The Morgan fingerprint density at radius 3 is 0.712 bits per heavy atom. The Morgan fingerprint density at radius 2 is 0.479 bits per heavy atom. The van der Waals surface area contributed by atoms with E-state index in [1.165, 1.54) is 0 Å². The molecule has 9 aromatic carbocycles. The molecule has 0 unspecified atom stereocenters. The largest absolute Gasteiger partial charge is 0.311 e. The van der Waals surface area contributed by atoms with Crippen molar-refractivity contribution >= 4 is 87.6 Å². The number of nitrogens with zero attached hydrogens (tertiary/aromatic N) is 6. The molecule has 73 heavy (non-hydrogen) atoms. The third kappa shape index (κ3) is 10.8. The zero-order valence-corrected chi connectivity index (χ0v) is 39.9. The molecular formula is C67H48N6. The Bertz CT molecular complexity index is 3290. The molecule has 0 aliphatic carbocycles. The summed E-state index contributed by atoms with van der Waals surface area (Å²) in [7, 11) is 0. The average Bonchev–Trinajstić information content (AvgIpc) is 3.46. The SMILES string of the molecule is N#Cc1c(/C=C/c2ccc(N(c3ccccc3)c3ccccc3)cc2)nc(/C=C/c2ccc(N(c3ccccc3)c3ccccc3)cc2)c(C#N)c1/C=C/c1ccc(N(c2ccccc2)c2ccccc2)cc1. The Morgan fingerprint density at radius 1 is 0.260 bits per heavy atom. The predicted octanol–water partition coefficient (Wildman–Crippen LogP) is 17.7. The zero-order valence-electron chi connectivity index (χ0n) is 39.9. The van der Waals surface area contributed by atoms with Crippen LogP contribution in [0.1, 0.15) is 44.8 Å². The summed E-state index contributed by atoms with van der Waals surface area (Å²) in [6.07, 6.45) is 11.5. The number of benzene rings is 9. The second-order valence-corrected chi connectivity index (χ2v) is 17.1. The van der Waals surface area contributed by atoms with Gasteiger partial charge in [-0.1, -0.05) is 170 Å². The summed E-state index contributed by atoms with van der Waals surface area (Å²) < 4.78 is 0. The highest BCUT2D eigenvalue weighted by Gasteiger charge is 2.18. The first-order chi connectivity index (χ1) is 36.1. The number of para-hydroxylation sites is 6. The van der Waals surface area contributed by atoms with Crippen LogP contribution in [0.2, 0.25) is 0 Å². The first kappa shape index (κ1) is 46.5. The molecule has 0 fully saturated rings. The zero-order chi connectivity index (χ0) is 49.6. The number of nitriles is 2. The highest BCUT2D eigenvalue weighted by molar-refractivity contribution is 5.86. The summed E-state index contributed by atoms with van der Waals surface area (Å²) in [5.41, 5.74) is 14.1. The number of pyridine rings is 1. The fourth-order valence-corrected chi connectivity index (χ4v) is 8.82. The Labute approximate surface area is 427 Å². The summed E-state index contributed by atoms with van der Waals surface area (Å²) in [5.74, 6) is 0. The van der Waals surface area contributed by atoms with E-state index in [1.54, 1.807) is 0 Å². The van der Waals surface area contributed by atoms with E-state index in [1.807, 2.05) is 158 Å². The summed E-state index contributed by atoms with van der Waals surface area (Å²) in [6.45, 7) is 0. The van der Waals surface area contributed by atoms with Crippen LogP contribution in [0.5, 0.6) is 0 Å². The molecule has 6 heteroatoms. The van der Waals surface area contributed by atoms with Gasteiger partial charge in [0.25, 0.3) is 0 Å². The second-order valence-electron chi connectivity index (χ2n) is 17.1. The van der Waals surface area contributed by atoms with E-state index in [0.717, 1.165) is 67.9 Å². The molecule has 1 heterocycles. The van der Waals surface area contributed by atoms with E-state index in [4.69, 9.17) is 4.98 Å². The molecule has 0 saturated carbocycles. The third-order valence-corrected chi connectivity index (χ3v) is 12.4. The number of hydrogen-bond acceptors (Lipinski definition) is 6. The molecule has 0 saturated heterocycles. The first-order valence-corrected chi connectivity index (χ1v) is 24.1. The molecule has 1 aromatic heterocycles. The van der Waals surface area contributed by atoms with Crippen LogP contribution in [0.3, 0.4) is 0 Å². The first-order valence-electron chi connectivity index (χ1n) is 24.1. The van der Waals surface area contributed by atoms with Gasteiger partial charge in [0, 0.05) is 56.7 Å². The minimum Gasteiger partial charge on any atom is -0.311 e. The molecule has 0 aliphatic heterocycles. The Hall–Kier alpha value is -10.3. The molecular weight excluding hydrogens is 889 g/mol. The van der Waals surface area contributed by atoms with Crippen molar-refractivity contribution in [3.05, 3.63) is 300 Å². The van der Waals surface area contributed by atoms with Crippen molar-refractivity contribution in [3.8, 4) is 12.1 Å². The number of hydrogen-bond donors (Lipinski definition) is 0. The minimum absolute atomic E-state index is 0.305. The molecule has 0 amide bonds. The topological polar surface area (TPSA) is 70.2 Å². The van der Waals surface area contributed by atoms with E-state index in [-0.39, 0.29) is 0 Å². The summed E-state index contributed by atoms with van der Waals surface area (Å²) >= 11 is 0. The van der Waals surface area contributed by atoms with Gasteiger partial charge in [-0.05, 0) is 138 Å². The maximum absolute atomic E-state index is 10.9. The van der Waals surface area contributed by atoms with Crippen LogP contribution in [0.25, 0.3) is 36.5 Å². The van der Waals surface area contributed by atoms with Gasteiger partial charge in [0.05, 0.1) is 22.5 Å². The molecule has 0 radical (unpaired) electrons. The highest BCUT2D eigenvalue weighted by Crippen LogP contribution is 2.38. The lowest BCUT2D eigenvalue weighted by Crippen LogP contribution is -2.09. The molecule has 6 nitrogen and oxygen atoms in total. The van der Waals surface area contributed by atoms with Crippen molar-refractivity contribution in [2.75, 3.05) is 14.7 Å². The molecule has 10 rings (SSSR count). The van der Waals surface area contributed by atoms with E-state index in [0.29, 0.717) is 28.1 Å². The van der Waals surface area contributed by atoms with Gasteiger partial charge in [-0.3, -0.25) is 0 Å². The van der Waals surface area contributed by atoms with Crippen molar-refractivity contribution in [3.63, 3.8) is 0 Å². The van der Waals surface area contributed by atoms with Gasteiger partial charge >= 0.3 is 0 Å². The van der Waals surface area contributed by atoms with Gasteiger partial charge in [0.2, 0.25) is 0 Å². The molecule has 0 aliphatic rings. The second kappa shape index (κ2) is 22.4. The van der Waals surface area contributed by atoms with Crippen LogP contribution in [0.4, 0.5) is 51.2 Å². The molecule has 0 bridgehead atoms. The fourth-order valence-electron chi connectivity index (χ4n) is 8.82. The van der Waals surface area contributed by atoms with Gasteiger partial charge in [-0.15, -0.1) is 0 Å². The Balaban J connectivity index is 1.00. The van der Waals surface area contributed by atoms with Crippen molar-refractivity contribution in [2.45, 2.75) is 0 Å². The fraction of sp³-hybridized carbons (Fsp3) is 0. The van der Waals surface area contributed by atoms with Crippen LogP contribution in [-0.2, 0) is 0 Å². The van der Waals surface area contributed by atoms with Gasteiger partial charge in [0.1, 0.15) is 12.1 Å². The van der Waals surface area contributed by atoms with Crippen molar-refractivity contribution < 1.29 is 0 Å². The van der Waals surface area contributed by atoms with E-state index >= 15 is 0 Å². The van der Waals surface area contributed by atoms with Crippen molar-refractivity contribution in [1.29, 1.82) is 10.5 Å². The van der Waals surface area contributed by atoms with Crippen molar-refractivity contribution in [2.24, 2.45) is 0 Å². The van der Waals surface area contributed by atoms with E-state index in [2.05, 4.69) is 160 Å². The van der Waals surface area contributed by atoms with Crippen LogP contribution in [0.15, 0.2) is 255 Å². The number of anilines is 9. The van der Waals surface area contributed by atoms with Crippen molar-refractivity contribution in [1.82, 2.24) is 4.98 Å². The summed E-state index contributed by atoms with van der Waals surface area (Å²) in [6, 6.07) is 91.4. The molecule has 0 spiro atoms. The van der Waals surface area contributed by atoms with Gasteiger partial charge in [0.15, 0.2) is 0 Å². The number of rotatable bonds is 15. The standard InChI is InChI=1S/C67H48N6/c68-49-64-63(46-37-51-31-40-60(41-32-51)71(54-19-7-1-8-20-54)55-21-9-2-10-22-55)65(50-69)67(48-39-53-35-44-62(45-36-53)73(58-27-15-5-16-28-58)59-29-17-6-18-30-59)70-66(64)47-38-52-33-42-61(43-34-52)72(56-23-11-3-12-24-56)57-25-13-4-14-26-57/h1-48H/b46-37+,47-38+,48-39+. The summed E-state index contributed by atoms with van der Waals surface area (Å²) in [4.78, 5) is 11.7.